The zero-order valence-corrected chi connectivity index (χ0v) is 13.4. The van der Waals surface area contributed by atoms with Crippen molar-refractivity contribution in [2.24, 2.45) is 5.92 Å². The van der Waals surface area contributed by atoms with Crippen LogP contribution in [-0.4, -0.2) is 62.2 Å². The van der Waals surface area contributed by atoms with Crippen LogP contribution in [0, 0.1) is 17.2 Å². The molecular weight excluding hydrogens is 248 g/mol. The summed E-state index contributed by atoms with van der Waals surface area (Å²) in [7, 11) is 6.41. The third kappa shape index (κ3) is 3.33. The lowest BCUT2D eigenvalue weighted by molar-refractivity contribution is 0.201. The molecule has 1 saturated carbocycles. The molecule has 0 bridgehead atoms. The predicted molar refractivity (Wildman–Crippen MR) is 82.5 cm³/mol. The summed E-state index contributed by atoms with van der Waals surface area (Å²) in [5.74, 6) is 0.515. The van der Waals surface area contributed by atoms with Crippen LogP contribution in [0.4, 0.5) is 0 Å². The Morgan fingerprint density at radius 1 is 1.40 bits per heavy atom. The standard InChI is InChI=1S/C16H30N4/c1-18-16(13-17)9-4-6-14(16)8-11-19(2)12-15-7-5-10-20(15)3/h14-15,18H,4-12H2,1-3H3. The average molecular weight is 278 g/mol. The highest BCUT2D eigenvalue weighted by atomic mass is 15.2. The van der Waals surface area contributed by atoms with E-state index in [-0.39, 0.29) is 5.54 Å². The van der Waals surface area contributed by atoms with Gasteiger partial charge in [-0.05, 0) is 72.3 Å². The molecule has 0 aromatic carbocycles. The molecule has 114 valence electrons. The Morgan fingerprint density at radius 3 is 2.80 bits per heavy atom. The van der Waals surface area contributed by atoms with Gasteiger partial charge in [-0.2, -0.15) is 5.26 Å². The molecule has 1 heterocycles. The minimum Gasteiger partial charge on any atom is -0.305 e. The third-order valence-electron chi connectivity index (χ3n) is 5.52. The van der Waals surface area contributed by atoms with E-state index in [4.69, 9.17) is 0 Å². The van der Waals surface area contributed by atoms with Crippen LogP contribution in [0.15, 0.2) is 0 Å². The Kier molecular flexibility index (Phi) is 5.42. The van der Waals surface area contributed by atoms with Crippen LogP contribution < -0.4 is 5.32 Å². The summed E-state index contributed by atoms with van der Waals surface area (Å²) in [5, 5.41) is 12.8. The van der Waals surface area contributed by atoms with Crippen LogP contribution in [0.25, 0.3) is 0 Å². The maximum atomic E-state index is 9.48. The molecule has 0 aromatic heterocycles. The SMILES string of the molecule is CNC1(C#N)CCCC1CCN(C)CC1CCCN1C. The molecule has 0 aromatic rings. The molecule has 1 N–H and O–H groups in total. The number of rotatable bonds is 6. The first-order chi connectivity index (χ1) is 9.61. The highest BCUT2D eigenvalue weighted by Crippen LogP contribution is 2.37. The Balaban J connectivity index is 1.78. The van der Waals surface area contributed by atoms with Crippen molar-refractivity contribution in [1.29, 1.82) is 5.26 Å². The van der Waals surface area contributed by atoms with Gasteiger partial charge < -0.3 is 15.1 Å². The van der Waals surface area contributed by atoms with Gasteiger partial charge in [0.15, 0.2) is 0 Å². The number of hydrogen-bond donors (Lipinski definition) is 1. The van der Waals surface area contributed by atoms with E-state index in [2.05, 4.69) is 35.3 Å². The van der Waals surface area contributed by atoms with Crippen LogP contribution in [0.2, 0.25) is 0 Å². The first kappa shape index (κ1) is 15.8. The van der Waals surface area contributed by atoms with Gasteiger partial charge in [0.2, 0.25) is 0 Å². The zero-order chi connectivity index (χ0) is 14.6. The van der Waals surface area contributed by atoms with Gasteiger partial charge in [0.05, 0.1) is 6.07 Å². The lowest BCUT2D eigenvalue weighted by Crippen LogP contribution is -2.46. The first-order valence-corrected chi connectivity index (χ1v) is 8.10. The fourth-order valence-electron chi connectivity index (χ4n) is 4.04. The highest BCUT2D eigenvalue weighted by molar-refractivity contribution is 5.13. The van der Waals surface area contributed by atoms with Gasteiger partial charge in [-0.1, -0.05) is 6.42 Å². The first-order valence-electron chi connectivity index (χ1n) is 8.10. The van der Waals surface area contributed by atoms with E-state index in [9.17, 15) is 5.26 Å². The predicted octanol–water partition coefficient (Wildman–Crippen LogP) is 1.68. The molecule has 4 heteroatoms. The number of nitriles is 1. The Bertz CT molecular complexity index is 351. The summed E-state index contributed by atoms with van der Waals surface area (Å²) in [6.07, 6.45) is 7.22. The lowest BCUT2D eigenvalue weighted by atomic mass is 9.86. The summed E-state index contributed by atoms with van der Waals surface area (Å²) in [6.45, 7) is 3.53. The van der Waals surface area contributed by atoms with Crippen molar-refractivity contribution in [2.45, 2.75) is 50.1 Å². The second-order valence-electron chi connectivity index (χ2n) is 6.75. The summed E-state index contributed by atoms with van der Waals surface area (Å²) in [5.41, 5.74) is -0.259. The summed E-state index contributed by atoms with van der Waals surface area (Å²) >= 11 is 0. The van der Waals surface area contributed by atoms with E-state index in [0.29, 0.717) is 5.92 Å². The second kappa shape index (κ2) is 6.89. The molecule has 3 atom stereocenters. The van der Waals surface area contributed by atoms with Gasteiger partial charge >= 0.3 is 0 Å². The Labute approximate surface area is 124 Å². The molecule has 0 amide bonds. The molecular formula is C16H30N4. The van der Waals surface area contributed by atoms with Crippen LogP contribution in [0.1, 0.15) is 38.5 Å². The molecule has 20 heavy (non-hydrogen) atoms. The smallest absolute Gasteiger partial charge is 0.109 e. The summed E-state index contributed by atoms with van der Waals surface area (Å²) in [4.78, 5) is 4.95. The molecule has 2 fully saturated rings. The highest BCUT2D eigenvalue weighted by Gasteiger charge is 2.41. The minimum atomic E-state index is -0.259. The number of likely N-dealkylation sites (N-methyl/N-ethyl adjacent to an activating group) is 2. The monoisotopic (exact) mass is 278 g/mol. The molecule has 4 nitrogen and oxygen atoms in total. The van der Waals surface area contributed by atoms with Crippen LogP contribution in [-0.2, 0) is 0 Å². The Hall–Kier alpha value is -0.630. The number of nitrogens with one attached hydrogen (secondary N) is 1. The quantitative estimate of drug-likeness (QED) is 0.803. The van der Waals surface area contributed by atoms with E-state index in [1.165, 1.54) is 38.8 Å². The van der Waals surface area contributed by atoms with Crippen LogP contribution in [0.3, 0.4) is 0 Å². The topological polar surface area (TPSA) is 42.3 Å². The van der Waals surface area contributed by atoms with Crippen molar-refractivity contribution >= 4 is 0 Å². The normalized spacial score (nSPS) is 34.8. The van der Waals surface area contributed by atoms with E-state index < -0.39 is 0 Å². The number of likely N-dealkylation sites (tertiary alicyclic amines) is 1. The second-order valence-corrected chi connectivity index (χ2v) is 6.75. The fourth-order valence-corrected chi connectivity index (χ4v) is 4.04. The minimum absolute atomic E-state index is 0.259. The van der Waals surface area contributed by atoms with Gasteiger partial charge in [0, 0.05) is 12.6 Å². The zero-order valence-electron chi connectivity index (χ0n) is 13.4. The molecule has 1 aliphatic heterocycles. The number of hydrogen-bond acceptors (Lipinski definition) is 4. The van der Waals surface area contributed by atoms with Gasteiger partial charge in [0.25, 0.3) is 0 Å². The summed E-state index contributed by atoms with van der Waals surface area (Å²) in [6, 6.07) is 3.27. The maximum absolute atomic E-state index is 9.48. The van der Waals surface area contributed by atoms with E-state index in [0.717, 1.165) is 25.4 Å². The Morgan fingerprint density at radius 2 is 2.20 bits per heavy atom. The molecule has 0 spiro atoms. The molecule has 2 rings (SSSR count). The molecule has 3 unspecified atom stereocenters. The summed E-state index contributed by atoms with van der Waals surface area (Å²) < 4.78 is 0. The van der Waals surface area contributed by atoms with Crippen molar-refractivity contribution < 1.29 is 0 Å². The number of nitrogens with zero attached hydrogens (tertiary/aromatic N) is 3. The molecule has 0 radical (unpaired) electrons. The average Bonchev–Trinajstić information content (AvgIpc) is 3.04. The van der Waals surface area contributed by atoms with E-state index in [1.54, 1.807) is 0 Å². The van der Waals surface area contributed by atoms with Crippen molar-refractivity contribution in [1.82, 2.24) is 15.1 Å². The molecule has 1 aliphatic carbocycles. The van der Waals surface area contributed by atoms with Gasteiger partial charge in [-0.3, -0.25) is 0 Å². The van der Waals surface area contributed by atoms with Gasteiger partial charge in [0.1, 0.15) is 5.54 Å². The maximum Gasteiger partial charge on any atom is 0.109 e. The van der Waals surface area contributed by atoms with Gasteiger partial charge in [-0.25, -0.2) is 0 Å². The third-order valence-corrected chi connectivity index (χ3v) is 5.52. The van der Waals surface area contributed by atoms with Crippen LogP contribution in [0.5, 0.6) is 0 Å². The van der Waals surface area contributed by atoms with Crippen molar-refractivity contribution in [2.75, 3.05) is 40.8 Å². The van der Waals surface area contributed by atoms with E-state index >= 15 is 0 Å². The molecule has 2 aliphatic rings. The van der Waals surface area contributed by atoms with Crippen molar-refractivity contribution in [3.63, 3.8) is 0 Å². The van der Waals surface area contributed by atoms with Crippen LogP contribution >= 0.6 is 0 Å². The largest absolute Gasteiger partial charge is 0.305 e. The molecule has 1 saturated heterocycles. The lowest BCUT2D eigenvalue weighted by Gasteiger charge is -2.31. The van der Waals surface area contributed by atoms with Crippen molar-refractivity contribution in [3.05, 3.63) is 0 Å². The fraction of sp³-hybridized carbons (Fsp3) is 0.938. The van der Waals surface area contributed by atoms with Crippen molar-refractivity contribution in [3.8, 4) is 6.07 Å². The van der Waals surface area contributed by atoms with Gasteiger partial charge in [-0.15, -0.1) is 0 Å². The van der Waals surface area contributed by atoms with E-state index in [1.807, 2.05) is 7.05 Å².